The maximum Gasteiger partial charge on any atom is 0.319 e. The molecule has 0 bridgehead atoms. The van der Waals surface area contributed by atoms with Gasteiger partial charge in [-0.2, -0.15) is 0 Å². The molecule has 0 aliphatic carbocycles. The number of aliphatic hydroxyl groups excluding tert-OH is 1. The molecule has 3 N–H and O–H groups in total. The second kappa shape index (κ2) is 8.29. The summed E-state index contributed by atoms with van der Waals surface area (Å²) in [7, 11) is 6.33. The van der Waals surface area contributed by atoms with Gasteiger partial charge in [0.05, 0.1) is 33.6 Å². The normalized spacial score (nSPS) is 11.6. The highest BCUT2D eigenvalue weighted by Crippen LogP contribution is 2.39. The fraction of sp³-hybridized carbons (Fsp3) is 0.353. The van der Waals surface area contributed by atoms with E-state index in [4.69, 9.17) is 14.2 Å². The van der Waals surface area contributed by atoms with E-state index in [9.17, 15) is 9.90 Å². The van der Waals surface area contributed by atoms with Crippen LogP contribution < -0.4 is 24.8 Å². The molecular weight excluding hydrogens is 326 g/mol. The van der Waals surface area contributed by atoms with Crippen LogP contribution in [0.3, 0.4) is 0 Å². The molecule has 0 unspecified atom stereocenters. The van der Waals surface area contributed by atoms with Crippen molar-refractivity contribution >= 4 is 11.7 Å². The number of ether oxygens (including phenoxy) is 3. The van der Waals surface area contributed by atoms with Crippen molar-refractivity contribution in [3.63, 3.8) is 0 Å². The van der Waals surface area contributed by atoms with Gasteiger partial charge in [-0.05, 0) is 12.1 Å². The minimum atomic E-state index is -0.800. The van der Waals surface area contributed by atoms with Crippen molar-refractivity contribution in [1.82, 2.24) is 9.88 Å². The molecule has 0 aliphatic rings. The highest BCUT2D eigenvalue weighted by molar-refractivity contribution is 5.90. The highest BCUT2D eigenvalue weighted by Gasteiger charge is 2.15. The number of carbonyl (C=O) groups is 1. The number of benzene rings is 1. The first-order valence-electron chi connectivity index (χ1n) is 7.64. The molecule has 0 spiro atoms. The molecule has 2 amide bonds. The summed E-state index contributed by atoms with van der Waals surface area (Å²) in [5, 5.41) is 15.4. The summed E-state index contributed by atoms with van der Waals surface area (Å²) in [6.07, 6.45) is 1.03. The van der Waals surface area contributed by atoms with E-state index in [1.54, 1.807) is 22.8 Å². The van der Waals surface area contributed by atoms with Crippen molar-refractivity contribution in [2.45, 2.75) is 6.10 Å². The zero-order chi connectivity index (χ0) is 18.4. The lowest BCUT2D eigenvalue weighted by molar-refractivity contribution is 0.167. The van der Waals surface area contributed by atoms with Crippen LogP contribution in [0, 0.1) is 0 Å². The van der Waals surface area contributed by atoms with Crippen LogP contribution in [0.15, 0.2) is 30.5 Å². The maximum atomic E-state index is 12.1. The van der Waals surface area contributed by atoms with E-state index in [-0.39, 0.29) is 6.54 Å². The summed E-state index contributed by atoms with van der Waals surface area (Å²) in [4.78, 5) is 12.1. The zero-order valence-electron chi connectivity index (χ0n) is 14.7. The summed E-state index contributed by atoms with van der Waals surface area (Å²) in [6, 6.07) is 6.41. The highest BCUT2D eigenvalue weighted by atomic mass is 16.5. The van der Waals surface area contributed by atoms with Gasteiger partial charge in [0.25, 0.3) is 0 Å². The van der Waals surface area contributed by atoms with Gasteiger partial charge in [-0.3, -0.25) is 0 Å². The average molecular weight is 349 g/mol. The van der Waals surface area contributed by atoms with Gasteiger partial charge in [-0.1, -0.05) is 0 Å². The molecule has 0 radical (unpaired) electrons. The number of carbonyl (C=O) groups excluding carboxylic acids is 1. The maximum absolute atomic E-state index is 12.1. The van der Waals surface area contributed by atoms with Crippen molar-refractivity contribution < 1.29 is 24.1 Å². The standard InChI is InChI=1S/C17H23N3O5/c1-20-7-5-6-12(20)13(21)10-18-17(22)19-11-8-14(23-2)16(25-4)15(9-11)24-3/h5-9,13,21H,10H2,1-4H3,(H2,18,19,22)/t13-/m1/s1. The number of amides is 2. The molecule has 1 aromatic carbocycles. The minimum absolute atomic E-state index is 0.0775. The number of nitrogens with zero attached hydrogens (tertiary/aromatic N) is 1. The molecule has 1 aromatic heterocycles. The van der Waals surface area contributed by atoms with Crippen LogP contribution in [0.2, 0.25) is 0 Å². The number of anilines is 1. The number of aromatic nitrogens is 1. The Hall–Kier alpha value is -2.87. The first kappa shape index (κ1) is 18.5. The van der Waals surface area contributed by atoms with Crippen LogP contribution in [0.4, 0.5) is 10.5 Å². The van der Waals surface area contributed by atoms with Crippen LogP contribution in [0.1, 0.15) is 11.8 Å². The number of hydrogen-bond donors (Lipinski definition) is 3. The van der Waals surface area contributed by atoms with E-state index in [0.29, 0.717) is 28.6 Å². The predicted octanol–water partition coefficient (Wildman–Crippen LogP) is 1.91. The zero-order valence-corrected chi connectivity index (χ0v) is 14.7. The second-order valence-corrected chi connectivity index (χ2v) is 5.31. The number of rotatable bonds is 7. The lowest BCUT2D eigenvalue weighted by Crippen LogP contribution is -2.32. The van der Waals surface area contributed by atoms with Crippen LogP contribution >= 0.6 is 0 Å². The third kappa shape index (κ3) is 4.36. The van der Waals surface area contributed by atoms with Gasteiger partial charge < -0.3 is 34.5 Å². The third-order valence-electron chi connectivity index (χ3n) is 3.70. The van der Waals surface area contributed by atoms with E-state index in [1.165, 1.54) is 21.3 Å². The molecular formula is C17H23N3O5. The molecule has 2 aromatic rings. The van der Waals surface area contributed by atoms with Gasteiger partial charge in [0, 0.05) is 31.1 Å². The lowest BCUT2D eigenvalue weighted by atomic mass is 10.2. The molecule has 0 saturated carbocycles. The number of aliphatic hydroxyl groups is 1. The van der Waals surface area contributed by atoms with E-state index < -0.39 is 12.1 Å². The van der Waals surface area contributed by atoms with Crippen LogP contribution in [0.25, 0.3) is 0 Å². The number of nitrogens with one attached hydrogen (secondary N) is 2. The molecule has 0 fully saturated rings. The fourth-order valence-electron chi connectivity index (χ4n) is 2.44. The van der Waals surface area contributed by atoms with E-state index in [1.807, 2.05) is 19.3 Å². The number of aryl methyl sites for hydroxylation is 1. The van der Waals surface area contributed by atoms with Gasteiger partial charge in [0.2, 0.25) is 5.75 Å². The van der Waals surface area contributed by atoms with Gasteiger partial charge in [-0.25, -0.2) is 4.79 Å². The number of hydrogen-bond acceptors (Lipinski definition) is 5. The van der Waals surface area contributed by atoms with E-state index >= 15 is 0 Å². The van der Waals surface area contributed by atoms with Crippen molar-refractivity contribution in [2.75, 3.05) is 33.2 Å². The van der Waals surface area contributed by atoms with Crippen LogP contribution in [-0.4, -0.2) is 43.6 Å². The molecule has 1 heterocycles. The fourth-order valence-corrected chi connectivity index (χ4v) is 2.44. The average Bonchev–Trinajstić information content (AvgIpc) is 3.04. The van der Waals surface area contributed by atoms with Crippen LogP contribution in [-0.2, 0) is 7.05 Å². The minimum Gasteiger partial charge on any atom is -0.493 e. The van der Waals surface area contributed by atoms with E-state index in [2.05, 4.69) is 10.6 Å². The number of methoxy groups -OCH3 is 3. The van der Waals surface area contributed by atoms with Crippen molar-refractivity contribution in [1.29, 1.82) is 0 Å². The van der Waals surface area contributed by atoms with Gasteiger partial charge in [0.1, 0.15) is 6.10 Å². The Morgan fingerprint density at radius 2 is 1.84 bits per heavy atom. The number of urea groups is 1. The van der Waals surface area contributed by atoms with E-state index in [0.717, 1.165) is 0 Å². The largest absolute Gasteiger partial charge is 0.493 e. The third-order valence-corrected chi connectivity index (χ3v) is 3.70. The Labute approximate surface area is 146 Å². The Kier molecular flexibility index (Phi) is 6.13. The molecule has 8 nitrogen and oxygen atoms in total. The topological polar surface area (TPSA) is 94.0 Å². The SMILES string of the molecule is COc1cc(NC(=O)NC[C@@H](O)c2cccn2C)cc(OC)c1OC. The first-order valence-corrected chi connectivity index (χ1v) is 7.64. The monoisotopic (exact) mass is 349 g/mol. The van der Waals surface area contributed by atoms with Crippen molar-refractivity contribution in [3.8, 4) is 17.2 Å². The van der Waals surface area contributed by atoms with Crippen molar-refractivity contribution in [2.24, 2.45) is 7.05 Å². The summed E-state index contributed by atoms with van der Waals surface area (Å²) < 4.78 is 17.5. The Bertz CT molecular complexity index is 704. The van der Waals surface area contributed by atoms with Gasteiger partial charge in [-0.15, -0.1) is 0 Å². The first-order chi connectivity index (χ1) is 12.0. The summed E-state index contributed by atoms with van der Waals surface area (Å²) >= 11 is 0. The molecule has 2 rings (SSSR count). The molecule has 0 aliphatic heterocycles. The molecule has 1 atom stereocenters. The lowest BCUT2D eigenvalue weighted by Gasteiger charge is -2.16. The second-order valence-electron chi connectivity index (χ2n) is 5.31. The Morgan fingerprint density at radius 3 is 2.32 bits per heavy atom. The smallest absolute Gasteiger partial charge is 0.319 e. The molecule has 136 valence electrons. The predicted molar refractivity (Wildman–Crippen MR) is 93.5 cm³/mol. The quantitative estimate of drug-likeness (QED) is 0.710. The summed E-state index contributed by atoms with van der Waals surface area (Å²) in [5.74, 6) is 1.30. The van der Waals surface area contributed by atoms with Crippen molar-refractivity contribution in [3.05, 3.63) is 36.2 Å². The Balaban J connectivity index is 2.01. The Morgan fingerprint density at radius 1 is 1.20 bits per heavy atom. The molecule has 8 heteroatoms. The molecule has 0 saturated heterocycles. The summed E-state index contributed by atoms with van der Waals surface area (Å²) in [5.41, 5.74) is 1.19. The van der Waals surface area contributed by atoms with Gasteiger partial charge >= 0.3 is 6.03 Å². The summed E-state index contributed by atoms with van der Waals surface area (Å²) in [6.45, 7) is 0.0775. The van der Waals surface area contributed by atoms with Crippen LogP contribution in [0.5, 0.6) is 17.2 Å². The molecule has 25 heavy (non-hydrogen) atoms. The van der Waals surface area contributed by atoms with Gasteiger partial charge in [0.15, 0.2) is 11.5 Å².